The summed E-state index contributed by atoms with van der Waals surface area (Å²) in [5.74, 6) is 0.925. The molecule has 1 aliphatic rings. The maximum absolute atomic E-state index is 13.0. The Morgan fingerprint density at radius 3 is 2.48 bits per heavy atom. The second-order valence-electron chi connectivity index (χ2n) is 5.86. The molecule has 142 valence electrons. The van der Waals surface area contributed by atoms with Gasteiger partial charge in [0, 0.05) is 17.0 Å². The molecule has 1 N–H and O–H groups in total. The molecule has 8 heteroatoms. The van der Waals surface area contributed by atoms with Gasteiger partial charge in [-0.15, -0.1) is 11.8 Å². The maximum Gasteiger partial charge on any atom is 0.255 e. The average molecular weight is 390 g/mol. The van der Waals surface area contributed by atoms with E-state index in [1.165, 1.54) is 55.1 Å². The Morgan fingerprint density at radius 1 is 1.11 bits per heavy atom. The Hall–Kier alpha value is -2.74. The van der Waals surface area contributed by atoms with Gasteiger partial charge in [0.15, 0.2) is 11.5 Å². The first-order chi connectivity index (χ1) is 13.0. The molecule has 2 amide bonds. The molecule has 0 bridgehead atoms. The van der Waals surface area contributed by atoms with Gasteiger partial charge in [-0.1, -0.05) is 0 Å². The van der Waals surface area contributed by atoms with Gasteiger partial charge in [0.05, 0.1) is 20.1 Å². The standard InChI is InChI=1S/C19H19FN2O4S/c1-25-16-8-3-12(9-17(16)26-2)19(24)22-11-27-10-15(22)18(23)21-14-6-4-13(20)5-7-14/h3-9,15H,10-11H2,1-2H3,(H,21,23). The fourth-order valence-electron chi connectivity index (χ4n) is 2.75. The Morgan fingerprint density at radius 2 is 1.81 bits per heavy atom. The van der Waals surface area contributed by atoms with Gasteiger partial charge in [-0.25, -0.2) is 4.39 Å². The number of hydrogen-bond acceptors (Lipinski definition) is 5. The summed E-state index contributed by atoms with van der Waals surface area (Å²) in [5, 5.41) is 2.73. The molecule has 2 aromatic carbocycles. The largest absolute Gasteiger partial charge is 0.493 e. The fraction of sp³-hybridized carbons (Fsp3) is 0.263. The van der Waals surface area contributed by atoms with Gasteiger partial charge >= 0.3 is 0 Å². The first-order valence-electron chi connectivity index (χ1n) is 8.20. The summed E-state index contributed by atoms with van der Waals surface area (Å²) in [6.07, 6.45) is 0. The van der Waals surface area contributed by atoms with Crippen LogP contribution >= 0.6 is 11.8 Å². The van der Waals surface area contributed by atoms with Crippen molar-refractivity contribution >= 4 is 29.3 Å². The summed E-state index contributed by atoms with van der Waals surface area (Å²) in [6, 6.07) is 9.78. The lowest BCUT2D eigenvalue weighted by atomic mass is 10.1. The zero-order valence-electron chi connectivity index (χ0n) is 14.9. The Kier molecular flexibility index (Phi) is 5.85. The Labute approximate surface area is 160 Å². The van der Waals surface area contributed by atoms with E-state index in [4.69, 9.17) is 9.47 Å². The van der Waals surface area contributed by atoms with Crippen LogP contribution in [-0.2, 0) is 4.79 Å². The number of amides is 2. The topological polar surface area (TPSA) is 67.9 Å². The van der Waals surface area contributed by atoms with E-state index in [1.54, 1.807) is 18.2 Å². The predicted octanol–water partition coefficient (Wildman–Crippen LogP) is 3.00. The summed E-state index contributed by atoms with van der Waals surface area (Å²) >= 11 is 1.50. The van der Waals surface area contributed by atoms with Gasteiger partial charge in [0.1, 0.15) is 11.9 Å². The molecular formula is C19H19FN2O4S. The van der Waals surface area contributed by atoms with Crippen molar-refractivity contribution in [3.05, 3.63) is 53.8 Å². The van der Waals surface area contributed by atoms with E-state index in [9.17, 15) is 14.0 Å². The minimum atomic E-state index is -0.611. The fourth-order valence-corrected chi connectivity index (χ4v) is 3.91. The van der Waals surface area contributed by atoms with Crippen molar-refractivity contribution in [2.45, 2.75) is 6.04 Å². The number of hydrogen-bond donors (Lipinski definition) is 1. The van der Waals surface area contributed by atoms with Crippen molar-refractivity contribution in [2.24, 2.45) is 0 Å². The van der Waals surface area contributed by atoms with Crippen LogP contribution in [0.3, 0.4) is 0 Å². The van der Waals surface area contributed by atoms with Gasteiger partial charge in [-0.05, 0) is 42.5 Å². The highest BCUT2D eigenvalue weighted by Crippen LogP contribution is 2.30. The zero-order valence-corrected chi connectivity index (χ0v) is 15.7. The monoisotopic (exact) mass is 390 g/mol. The van der Waals surface area contributed by atoms with Crippen LogP contribution in [0.15, 0.2) is 42.5 Å². The quantitative estimate of drug-likeness (QED) is 0.850. The van der Waals surface area contributed by atoms with E-state index < -0.39 is 6.04 Å². The third-order valence-electron chi connectivity index (χ3n) is 4.19. The first kappa shape index (κ1) is 19.0. The molecule has 0 saturated carbocycles. The molecule has 1 saturated heterocycles. The van der Waals surface area contributed by atoms with Crippen LogP contribution in [0.4, 0.5) is 10.1 Å². The van der Waals surface area contributed by atoms with E-state index in [0.29, 0.717) is 34.4 Å². The van der Waals surface area contributed by atoms with Crippen molar-refractivity contribution in [1.29, 1.82) is 0 Å². The van der Waals surface area contributed by atoms with Gasteiger partial charge in [-0.2, -0.15) is 0 Å². The van der Waals surface area contributed by atoms with Crippen LogP contribution in [0.25, 0.3) is 0 Å². The highest BCUT2D eigenvalue weighted by molar-refractivity contribution is 7.99. The minimum absolute atomic E-state index is 0.264. The second-order valence-corrected chi connectivity index (χ2v) is 6.86. The number of nitrogens with one attached hydrogen (secondary N) is 1. The van der Waals surface area contributed by atoms with Crippen molar-refractivity contribution in [1.82, 2.24) is 4.90 Å². The lowest BCUT2D eigenvalue weighted by Gasteiger charge is -2.23. The number of benzene rings is 2. The molecule has 1 heterocycles. The number of carbonyl (C=O) groups excluding carboxylic acids is 2. The number of methoxy groups -OCH3 is 2. The number of nitrogens with zero attached hydrogens (tertiary/aromatic N) is 1. The molecule has 27 heavy (non-hydrogen) atoms. The van der Waals surface area contributed by atoms with Crippen LogP contribution in [-0.4, -0.2) is 48.6 Å². The first-order valence-corrected chi connectivity index (χ1v) is 9.36. The van der Waals surface area contributed by atoms with E-state index in [0.717, 1.165) is 0 Å². The lowest BCUT2D eigenvalue weighted by Crippen LogP contribution is -2.44. The second kappa shape index (κ2) is 8.30. The van der Waals surface area contributed by atoms with Gasteiger partial charge in [0.25, 0.3) is 5.91 Å². The third-order valence-corrected chi connectivity index (χ3v) is 5.20. The predicted molar refractivity (Wildman–Crippen MR) is 102 cm³/mol. The number of anilines is 1. The van der Waals surface area contributed by atoms with E-state index >= 15 is 0 Å². The van der Waals surface area contributed by atoms with Crippen LogP contribution in [0.5, 0.6) is 11.5 Å². The number of halogens is 1. The van der Waals surface area contributed by atoms with Gasteiger partial charge in [-0.3, -0.25) is 9.59 Å². The molecule has 0 aliphatic carbocycles. The summed E-state index contributed by atoms with van der Waals surface area (Å²) in [4.78, 5) is 27.0. The summed E-state index contributed by atoms with van der Waals surface area (Å²) in [5.41, 5.74) is 0.895. The summed E-state index contributed by atoms with van der Waals surface area (Å²) in [7, 11) is 3.02. The molecule has 0 aromatic heterocycles. The smallest absolute Gasteiger partial charge is 0.255 e. The molecular weight excluding hydrogens is 371 g/mol. The van der Waals surface area contributed by atoms with Crippen LogP contribution in [0.1, 0.15) is 10.4 Å². The summed E-state index contributed by atoms with van der Waals surface area (Å²) in [6.45, 7) is 0. The molecule has 1 fully saturated rings. The molecule has 3 rings (SSSR count). The molecule has 1 aliphatic heterocycles. The lowest BCUT2D eigenvalue weighted by molar-refractivity contribution is -0.119. The molecule has 2 aromatic rings. The van der Waals surface area contributed by atoms with Crippen molar-refractivity contribution in [3.63, 3.8) is 0 Å². The minimum Gasteiger partial charge on any atom is -0.493 e. The number of ether oxygens (including phenoxy) is 2. The van der Waals surface area contributed by atoms with Crippen molar-refractivity contribution in [3.8, 4) is 11.5 Å². The van der Waals surface area contributed by atoms with Crippen molar-refractivity contribution in [2.75, 3.05) is 31.2 Å². The average Bonchev–Trinajstić information content (AvgIpc) is 3.18. The van der Waals surface area contributed by atoms with E-state index in [1.807, 2.05) is 0 Å². The number of rotatable bonds is 5. The highest BCUT2D eigenvalue weighted by atomic mass is 32.2. The SMILES string of the molecule is COc1ccc(C(=O)N2CSCC2C(=O)Nc2ccc(F)cc2)cc1OC. The normalized spacial score (nSPS) is 16.1. The number of thioether (sulfide) groups is 1. The van der Waals surface area contributed by atoms with Crippen LogP contribution in [0, 0.1) is 5.82 Å². The van der Waals surface area contributed by atoms with Crippen LogP contribution < -0.4 is 14.8 Å². The zero-order chi connectivity index (χ0) is 19.4. The van der Waals surface area contributed by atoms with E-state index in [-0.39, 0.29) is 17.6 Å². The third kappa shape index (κ3) is 4.16. The Bertz CT molecular complexity index is 844. The molecule has 6 nitrogen and oxygen atoms in total. The highest BCUT2D eigenvalue weighted by Gasteiger charge is 2.35. The van der Waals surface area contributed by atoms with Gasteiger partial charge < -0.3 is 19.7 Å². The molecule has 1 atom stereocenters. The molecule has 1 unspecified atom stereocenters. The van der Waals surface area contributed by atoms with Gasteiger partial charge in [0.2, 0.25) is 5.91 Å². The molecule has 0 radical (unpaired) electrons. The Balaban J connectivity index is 1.76. The van der Waals surface area contributed by atoms with E-state index in [2.05, 4.69) is 5.32 Å². The van der Waals surface area contributed by atoms with Crippen LogP contribution in [0.2, 0.25) is 0 Å². The summed E-state index contributed by atoms with van der Waals surface area (Å²) < 4.78 is 23.4. The maximum atomic E-state index is 13.0. The number of carbonyl (C=O) groups is 2. The molecule has 0 spiro atoms. The van der Waals surface area contributed by atoms with Crippen molar-refractivity contribution < 1.29 is 23.5 Å².